The quantitative estimate of drug-likeness (QED) is 0.831. The monoisotopic (exact) mass is 278 g/mol. The van der Waals surface area contributed by atoms with Crippen LogP contribution in [0.3, 0.4) is 0 Å². The number of hydrogen-bond acceptors (Lipinski definition) is 2. The molecule has 3 nitrogen and oxygen atoms in total. The first-order valence-corrected chi connectivity index (χ1v) is 5.58. The largest absolute Gasteiger partial charge is 0.419 e. The Labute approximate surface area is 108 Å². The highest BCUT2D eigenvalue weighted by Gasteiger charge is 2.34. The average Bonchev–Trinajstić information content (AvgIpc) is 2.30. The predicted octanol–water partition coefficient (Wildman–Crippen LogP) is 2.64. The zero-order valence-corrected chi connectivity index (χ0v) is 10.4. The molecule has 19 heavy (non-hydrogen) atoms. The summed E-state index contributed by atoms with van der Waals surface area (Å²) in [6.45, 7) is 2.01. The van der Waals surface area contributed by atoms with Crippen LogP contribution >= 0.6 is 0 Å². The molecule has 0 heterocycles. The van der Waals surface area contributed by atoms with E-state index in [1.165, 1.54) is 0 Å². The first-order chi connectivity index (χ1) is 8.75. The summed E-state index contributed by atoms with van der Waals surface area (Å²) in [5, 5.41) is 5.10. The molecule has 0 saturated heterocycles. The highest BCUT2D eigenvalue weighted by molar-refractivity contribution is 5.92. The number of carbonyl (C=O) groups is 1. The first-order valence-electron chi connectivity index (χ1n) is 5.58. The van der Waals surface area contributed by atoms with Crippen molar-refractivity contribution in [3.8, 4) is 0 Å². The van der Waals surface area contributed by atoms with E-state index in [-0.39, 0.29) is 5.69 Å². The molecule has 1 atom stereocenters. The number of amides is 1. The van der Waals surface area contributed by atoms with Crippen LogP contribution in [0.5, 0.6) is 0 Å². The van der Waals surface area contributed by atoms with E-state index in [0.717, 1.165) is 6.07 Å². The van der Waals surface area contributed by atoms with Crippen LogP contribution in [0.1, 0.15) is 12.5 Å². The van der Waals surface area contributed by atoms with Gasteiger partial charge < -0.3 is 10.6 Å². The van der Waals surface area contributed by atoms with Gasteiger partial charge in [-0.15, -0.1) is 0 Å². The molecular weight excluding hydrogens is 264 g/mol. The maximum absolute atomic E-state index is 13.0. The number of hydrogen-bond donors (Lipinski definition) is 2. The van der Waals surface area contributed by atoms with E-state index in [4.69, 9.17) is 0 Å². The lowest BCUT2D eigenvalue weighted by molar-refractivity contribution is -0.140. The van der Waals surface area contributed by atoms with E-state index in [1.54, 1.807) is 14.0 Å². The molecule has 0 radical (unpaired) electrons. The molecule has 0 aromatic heterocycles. The van der Waals surface area contributed by atoms with Gasteiger partial charge in [-0.25, -0.2) is 4.39 Å². The Balaban J connectivity index is 2.89. The third-order valence-corrected chi connectivity index (χ3v) is 2.50. The molecule has 1 rings (SSSR count). The second-order valence-corrected chi connectivity index (χ2v) is 4.14. The number of nitrogens with one attached hydrogen (secondary N) is 2. The van der Waals surface area contributed by atoms with Gasteiger partial charge in [-0.2, -0.15) is 13.2 Å². The van der Waals surface area contributed by atoms with Crippen LogP contribution in [0.4, 0.5) is 23.2 Å². The molecule has 1 amide bonds. The maximum atomic E-state index is 13.0. The van der Waals surface area contributed by atoms with E-state index in [0.29, 0.717) is 18.7 Å². The van der Waals surface area contributed by atoms with Crippen LogP contribution in [0.2, 0.25) is 0 Å². The van der Waals surface area contributed by atoms with E-state index in [2.05, 4.69) is 10.6 Å². The number of anilines is 1. The van der Waals surface area contributed by atoms with E-state index in [1.807, 2.05) is 0 Å². The summed E-state index contributed by atoms with van der Waals surface area (Å²) < 4.78 is 50.5. The van der Waals surface area contributed by atoms with Crippen molar-refractivity contribution in [3.63, 3.8) is 0 Å². The number of alkyl halides is 3. The minimum atomic E-state index is -4.79. The summed E-state index contributed by atoms with van der Waals surface area (Å²) in [6, 6.07) is 2.36. The van der Waals surface area contributed by atoms with Crippen molar-refractivity contribution in [2.45, 2.75) is 13.1 Å². The van der Waals surface area contributed by atoms with Crippen molar-refractivity contribution >= 4 is 11.6 Å². The molecule has 0 saturated carbocycles. The van der Waals surface area contributed by atoms with Crippen molar-refractivity contribution in [2.75, 3.05) is 18.9 Å². The fraction of sp³-hybridized carbons (Fsp3) is 0.417. The Morgan fingerprint density at radius 1 is 1.37 bits per heavy atom. The molecule has 0 aliphatic carbocycles. The smallest absolute Gasteiger partial charge is 0.326 e. The third-order valence-electron chi connectivity index (χ3n) is 2.50. The van der Waals surface area contributed by atoms with Gasteiger partial charge in [0, 0.05) is 18.2 Å². The Kier molecular flexibility index (Phi) is 4.88. The molecule has 106 valence electrons. The standard InChI is InChI=1S/C12H14F4N2O/c1-7(6-17-2)11(19)18-8-3-4-10(13)9(5-8)12(14,15)16/h3-5,7,17H,6H2,1-2H3,(H,18,19). The van der Waals surface area contributed by atoms with Crippen molar-refractivity contribution in [1.29, 1.82) is 0 Å². The van der Waals surface area contributed by atoms with Gasteiger partial charge in [-0.3, -0.25) is 4.79 Å². The van der Waals surface area contributed by atoms with Crippen LogP contribution in [0.25, 0.3) is 0 Å². The van der Waals surface area contributed by atoms with Gasteiger partial charge in [0.25, 0.3) is 0 Å². The van der Waals surface area contributed by atoms with Crippen LogP contribution in [0, 0.1) is 11.7 Å². The van der Waals surface area contributed by atoms with Gasteiger partial charge in [0.1, 0.15) is 5.82 Å². The molecule has 0 bridgehead atoms. The molecule has 0 aliphatic rings. The minimum absolute atomic E-state index is 0.0818. The first kappa shape index (κ1) is 15.4. The molecule has 0 aliphatic heterocycles. The van der Waals surface area contributed by atoms with Crippen LogP contribution in [0.15, 0.2) is 18.2 Å². The van der Waals surface area contributed by atoms with Crippen LogP contribution in [-0.4, -0.2) is 19.5 Å². The third kappa shape index (κ3) is 4.20. The Hall–Kier alpha value is -1.63. The highest BCUT2D eigenvalue weighted by Crippen LogP contribution is 2.33. The van der Waals surface area contributed by atoms with Gasteiger partial charge in [0.2, 0.25) is 5.91 Å². The summed E-state index contributed by atoms with van der Waals surface area (Å²) >= 11 is 0. The lowest BCUT2D eigenvalue weighted by Crippen LogP contribution is -2.28. The molecule has 0 fully saturated rings. The SMILES string of the molecule is CNCC(C)C(=O)Nc1ccc(F)c(C(F)(F)F)c1. The summed E-state index contributed by atoms with van der Waals surface area (Å²) in [5.41, 5.74) is -1.48. The predicted molar refractivity (Wildman–Crippen MR) is 63.1 cm³/mol. The Morgan fingerprint density at radius 2 is 2.00 bits per heavy atom. The highest BCUT2D eigenvalue weighted by atomic mass is 19.4. The number of halogens is 4. The summed E-state index contributed by atoms with van der Waals surface area (Å²) in [6.07, 6.45) is -4.79. The summed E-state index contributed by atoms with van der Waals surface area (Å²) in [4.78, 5) is 11.6. The molecule has 1 unspecified atom stereocenters. The zero-order chi connectivity index (χ0) is 14.6. The molecule has 0 spiro atoms. The fourth-order valence-electron chi connectivity index (χ4n) is 1.48. The van der Waals surface area contributed by atoms with E-state index in [9.17, 15) is 22.4 Å². The molecule has 7 heteroatoms. The van der Waals surface area contributed by atoms with Crippen molar-refractivity contribution < 1.29 is 22.4 Å². The molecule has 2 N–H and O–H groups in total. The summed E-state index contributed by atoms with van der Waals surface area (Å²) in [7, 11) is 1.66. The van der Waals surface area contributed by atoms with Crippen LogP contribution in [-0.2, 0) is 11.0 Å². The fourth-order valence-corrected chi connectivity index (χ4v) is 1.48. The van der Waals surface area contributed by atoms with Crippen LogP contribution < -0.4 is 10.6 Å². The van der Waals surface area contributed by atoms with Crippen molar-refractivity contribution in [2.24, 2.45) is 5.92 Å². The van der Waals surface area contributed by atoms with E-state index < -0.39 is 29.4 Å². The number of carbonyl (C=O) groups excluding carboxylic acids is 1. The van der Waals surface area contributed by atoms with E-state index >= 15 is 0 Å². The topological polar surface area (TPSA) is 41.1 Å². The zero-order valence-electron chi connectivity index (χ0n) is 10.4. The van der Waals surface area contributed by atoms with Gasteiger partial charge in [-0.1, -0.05) is 6.92 Å². The molecule has 1 aromatic carbocycles. The van der Waals surface area contributed by atoms with Gasteiger partial charge in [0.05, 0.1) is 5.56 Å². The lowest BCUT2D eigenvalue weighted by atomic mass is 10.1. The average molecular weight is 278 g/mol. The van der Waals surface area contributed by atoms with Crippen molar-refractivity contribution in [3.05, 3.63) is 29.6 Å². The second kappa shape index (κ2) is 6.01. The molecule has 1 aromatic rings. The number of benzene rings is 1. The Bertz CT molecular complexity index is 460. The number of rotatable bonds is 4. The second-order valence-electron chi connectivity index (χ2n) is 4.14. The van der Waals surface area contributed by atoms with Gasteiger partial charge >= 0.3 is 6.18 Å². The molecular formula is C12H14F4N2O. The van der Waals surface area contributed by atoms with Gasteiger partial charge in [0.15, 0.2) is 0 Å². The minimum Gasteiger partial charge on any atom is -0.326 e. The normalized spacial score (nSPS) is 13.2. The van der Waals surface area contributed by atoms with Crippen molar-refractivity contribution in [1.82, 2.24) is 5.32 Å². The lowest BCUT2D eigenvalue weighted by Gasteiger charge is -2.13. The maximum Gasteiger partial charge on any atom is 0.419 e. The summed E-state index contributed by atoms with van der Waals surface area (Å²) in [5.74, 6) is -2.22. The Morgan fingerprint density at radius 3 is 2.53 bits per heavy atom. The van der Waals surface area contributed by atoms with Gasteiger partial charge in [-0.05, 0) is 25.2 Å².